The zero-order valence-electron chi connectivity index (χ0n) is 12.9. The van der Waals surface area contributed by atoms with Gasteiger partial charge in [0.15, 0.2) is 0 Å². The maximum Gasteiger partial charge on any atom is 0.257 e. The van der Waals surface area contributed by atoms with Gasteiger partial charge in [-0.3, -0.25) is 4.79 Å². The van der Waals surface area contributed by atoms with Gasteiger partial charge in [-0.05, 0) is 18.2 Å². The second kappa shape index (κ2) is 5.80. The van der Waals surface area contributed by atoms with Gasteiger partial charge in [0.25, 0.3) is 5.91 Å². The highest BCUT2D eigenvalue weighted by molar-refractivity contribution is 6.31. The molecule has 1 amide bonds. The van der Waals surface area contributed by atoms with E-state index in [4.69, 9.17) is 0 Å². The van der Waals surface area contributed by atoms with E-state index in [1.165, 1.54) is 5.69 Å². The zero-order valence-corrected chi connectivity index (χ0v) is 12.9. The van der Waals surface area contributed by atoms with E-state index in [0.29, 0.717) is 0 Å². The quantitative estimate of drug-likeness (QED) is 0.867. The number of nitrogens with one attached hydrogen (secondary N) is 1. The number of rotatable bonds is 2. The molecule has 2 aromatic carbocycles. The lowest BCUT2D eigenvalue weighted by Gasteiger charge is -2.35. The van der Waals surface area contributed by atoms with Crippen LogP contribution < -0.4 is 10.2 Å². The summed E-state index contributed by atoms with van der Waals surface area (Å²) in [4.78, 5) is 16.8. The van der Waals surface area contributed by atoms with Gasteiger partial charge in [0.2, 0.25) is 0 Å². The predicted molar refractivity (Wildman–Crippen MR) is 93.3 cm³/mol. The van der Waals surface area contributed by atoms with E-state index in [1.807, 2.05) is 36.5 Å². The average molecular weight is 305 g/mol. The van der Waals surface area contributed by atoms with Crippen molar-refractivity contribution in [3.05, 3.63) is 66.4 Å². The lowest BCUT2D eigenvalue weighted by atomic mass is 10.1. The van der Waals surface area contributed by atoms with E-state index in [0.717, 1.165) is 43.0 Å². The molecule has 4 nitrogen and oxygen atoms in total. The summed E-state index contributed by atoms with van der Waals surface area (Å²) in [6.07, 6.45) is 2.02. The van der Waals surface area contributed by atoms with E-state index < -0.39 is 0 Å². The molecule has 0 radical (unpaired) electrons. The molecule has 23 heavy (non-hydrogen) atoms. The highest BCUT2D eigenvalue weighted by Gasteiger charge is 2.25. The van der Waals surface area contributed by atoms with Crippen molar-refractivity contribution in [3.8, 4) is 0 Å². The van der Waals surface area contributed by atoms with Crippen LogP contribution in [0.1, 0.15) is 5.56 Å². The molecule has 2 aliphatic rings. The first kappa shape index (κ1) is 13.9. The van der Waals surface area contributed by atoms with Crippen LogP contribution in [0.4, 0.5) is 11.4 Å². The minimum absolute atomic E-state index is 0.00307. The molecule has 0 atom stereocenters. The van der Waals surface area contributed by atoms with Gasteiger partial charge in [-0.25, -0.2) is 0 Å². The van der Waals surface area contributed by atoms with Gasteiger partial charge >= 0.3 is 0 Å². The van der Waals surface area contributed by atoms with Gasteiger partial charge in [0, 0.05) is 49.3 Å². The molecule has 1 fully saturated rings. The van der Waals surface area contributed by atoms with Crippen molar-refractivity contribution in [3.63, 3.8) is 0 Å². The number of para-hydroxylation sites is 2. The Morgan fingerprint density at radius 1 is 0.870 bits per heavy atom. The number of fused-ring (bicyclic) bond motifs is 1. The number of carbonyl (C=O) groups is 1. The molecular formula is C19H19N3O. The fourth-order valence-electron chi connectivity index (χ4n) is 3.20. The Hall–Kier alpha value is -2.75. The number of nitrogens with zero attached hydrogens (tertiary/aromatic N) is 2. The summed E-state index contributed by atoms with van der Waals surface area (Å²) >= 11 is 0. The first-order valence-electron chi connectivity index (χ1n) is 7.98. The number of piperazine rings is 1. The Morgan fingerprint density at radius 3 is 2.35 bits per heavy atom. The molecule has 1 saturated heterocycles. The summed E-state index contributed by atoms with van der Waals surface area (Å²) in [5.74, 6) is -0.00307. The van der Waals surface area contributed by atoms with Gasteiger partial charge < -0.3 is 15.1 Å². The first-order chi connectivity index (χ1) is 11.3. The third kappa shape index (κ3) is 2.68. The number of hydrogen-bond donors (Lipinski definition) is 1. The average Bonchev–Trinajstić information content (AvgIpc) is 2.92. The monoisotopic (exact) mass is 305 g/mol. The normalized spacial score (nSPS) is 19.0. The van der Waals surface area contributed by atoms with Crippen LogP contribution in [-0.2, 0) is 4.79 Å². The molecule has 4 heteroatoms. The maximum absolute atomic E-state index is 12.2. The van der Waals surface area contributed by atoms with Crippen LogP contribution in [0, 0.1) is 0 Å². The van der Waals surface area contributed by atoms with E-state index in [9.17, 15) is 4.79 Å². The first-order valence-corrected chi connectivity index (χ1v) is 7.98. The van der Waals surface area contributed by atoms with E-state index in [2.05, 4.69) is 39.4 Å². The minimum atomic E-state index is -0.00307. The lowest BCUT2D eigenvalue weighted by Crippen LogP contribution is -2.44. The molecule has 0 saturated carbocycles. The number of anilines is 2. The Labute approximate surface area is 136 Å². The van der Waals surface area contributed by atoms with Gasteiger partial charge in [0.1, 0.15) is 0 Å². The van der Waals surface area contributed by atoms with Gasteiger partial charge in [0.05, 0.1) is 5.57 Å². The Bertz CT molecular complexity index is 746. The molecule has 2 heterocycles. The maximum atomic E-state index is 12.2. The highest BCUT2D eigenvalue weighted by atomic mass is 16.2. The van der Waals surface area contributed by atoms with E-state index in [1.54, 1.807) is 0 Å². The summed E-state index contributed by atoms with van der Waals surface area (Å²) in [5, 5.41) is 2.93. The largest absolute Gasteiger partial charge is 0.373 e. The molecule has 0 bridgehead atoms. The second-order valence-electron chi connectivity index (χ2n) is 5.90. The van der Waals surface area contributed by atoms with Crippen molar-refractivity contribution >= 4 is 22.9 Å². The van der Waals surface area contributed by atoms with Gasteiger partial charge in [-0.2, -0.15) is 0 Å². The molecule has 0 unspecified atom stereocenters. The minimum Gasteiger partial charge on any atom is -0.373 e. The predicted octanol–water partition coefficient (Wildman–Crippen LogP) is 2.80. The Kier molecular flexibility index (Phi) is 3.50. The molecule has 1 N–H and O–H groups in total. The number of amides is 1. The molecule has 2 aromatic rings. The van der Waals surface area contributed by atoms with Crippen LogP contribution >= 0.6 is 0 Å². The Morgan fingerprint density at radius 2 is 1.57 bits per heavy atom. The second-order valence-corrected chi connectivity index (χ2v) is 5.90. The third-order valence-corrected chi connectivity index (χ3v) is 4.46. The van der Waals surface area contributed by atoms with Crippen LogP contribution in [0.25, 0.3) is 5.57 Å². The summed E-state index contributed by atoms with van der Waals surface area (Å²) < 4.78 is 0. The highest BCUT2D eigenvalue weighted by Crippen LogP contribution is 2.31. The van der Waals surface area contributed by atoms with E-state index >= 15 is 0 Å². The van der Waals surface area contributed by atoms with Crippen molar-refractivity contribution in [1.29, 1.82) is 0 Å². The Balaban J connectivity index is 1.48. The molecule has 0 spiro atoms. The van der Waals surface area contributed by atoms with Crippen LogP contribution in [0.5, 0.6) is 0 Å². The summed E-state index contributed by atoms with van der Waals surface area (Å²) in [5.41, 5.74) is 3.95. The van der Waals surface area contributed by atoms with Gasteiger partial charge in [-0.15, -0.1) is 0 Å². The van der Waals surface area contributed by atoms with Crippen LogP contribution in [0.2, 0.25) is 0 Å². The molecule has 4 rings (SSSR count). The fourth-order valence-corrected chi connectivity index (χ4v) is 3.20. The third-order valence-electron chi connectivity index (χ3n) is 4.46. The summed E-state index contributed by atoms with van der Waals surface area (Å²) in [6.45, 7) is 3.79. The topological polar surface area (TPSA) is 35.6 Å². The zero-order chi connectivity index (χ0) is 15.6. The van der Waals surface area contributed by atoms with E-state index in [-0.39, 0.29) is 5.91 Å². The summed E-state index contributed by atoms with van der Waals surface area (Å²) in [6, 6.07) is 18.3. The van der Waals surface area contributed by atoms with Crippen molar-refractivity contribution in [2.75, 3.05) is 36.4 Å². The fraction of sp³-hybridized carbons (Fsp3) is 0.211. The number of hydrogen-bond acceptors (Lipinski definition) is 3. The van der Waals surface area contributed by atoms with Crippen molar-refractivity contribution in [1.82, 2.24) is 4.90 Å². The molecule has 2 aliphatic heterocycles. The van der Waals surface area contributed by atoms with Crippen molar-refractivity contribution < 1.29 is 4.79 Å². The molecule has 0 aromatic heterocycles. The van der Waals surface area contributed by atoms with Crippen molar-refractivity contribution in [2.45, 2.75) is 0 Å². The van der Waals surface area contributed by atoms with Crippen molar-refractivity contribution in [2.24, 2.45) is 0 Å². The SMILES string of the molecule is O=C1Nc2ccccc2/C1=C\N1CCN(c2ccccc2)CC1. The van der Waals surface area contributed by atoms with Gasteiger partial charge in [-0.1, -0.05) is 36.4 Å². The van der Waals surface area contributed by atoms with Crippen LogP contribution in [-0.4, -0.2) is 37.0 Å². The van der Waals surface area contributed by atoms with Crippen LogP contribution in [0.3, 0.4) is 0 Å². The molecular weight excluding hydrogens is 286 g/mol. The number of benzene rings is 2. The lowest BCUT2D eigenvalue weighted by molar-refractivity contribution is -0.110. The molecule has 0 aliphatic carbocycles. The standard InChI is InChI=1S/C19H19N3O/c23-19-17(16-8-4-5-9-18(16)20-19)14-21-10-12-22(13-11-21)15-6-2-1-3-7-15/h1-9,14H,10-13H2,(H,20,23)/b17-14+. The summed E-state index contributed by atoms with van der Waals surface area (Å²) in [7, 11) is 0. The van der Waals surface area contributed by atoms with Crippen LogP contribution in [0.15, 0.2) is 60.8 Å². The smallest absolute Gasteiger partial charge is 0.257 e. The molecule has 116 valence electrons. The number of carbonyl (C=O) groups excluding carboxylic acids is 1.